The van der Waals surface area contributed by atoms with Crippen LogP contribution in [-0.4, -0.2) is 54.3 Å². The van der Waals surface area contributed by atoms with Crippen molar-refractivity contribution in [2.75, 3.05) is 38.0 Å². The van der Waals surface area contributed by atoms with Crippen molar-refractivity contribution >= 4 is 17.5 Å². The van der Waals surface area contributed by atoms with Crippen LogP contribution in [0.3, 0.4) is 0 Å². The highest BCUT2D eigenvalue weighted by molar-refractivity contribution is 6.39. The molecule has 0 spiro atoms. The van der Waals surface area contributed by atoms with Crippen LogP contribution >= 0.6 is 0 Å². The van der Waals surface area contributed by atoms with Gasteiger partial charge in [-0.3, -0.25) is 9.59 Å². The van der Waals surface area contributed by atoms with E-state index in [0.717, 1.165) is 25.2 Å². The Bertz CT molecular complexity index is 494. The SMILES string of the molecule is CCN1CCN(C(=O)C(=O)Nc2ccccc2C)CC1. The van der Waals surface area contributed by atoms with Crippen molar-refractivity contribution in [3.05, 3.63) is 29.8 Å². The molecule has 1 heterocycles. The summed E-state index contributed by atoms with van der Waals surface area (Å²) in [5.74, 6) is -0.992. The smallest absolute Gasteiger partial charge is 0.313 e. The van der Waals surface area contributed by atoms with Gasteiger partial charge in [0.25, 0.3) is 0 Å². The van der Waals surface area contributed by atoms with Gasteiger partial charge in [-0.2, -0.15) is 0 Å². The van der Waals surface area contributed by atoms with Crippen LogP contribution in [0.25, 0.3) is 0 Å². The Balaban J connectivity index is 1.93. The van der Waals surface area contributed by atoms with Crippen molar-refractivity contribution in [2.45, 2.75) is 13.8 Å². The van der Waals surface area contributed by atoms with E-state index in [1.54, 1.807) is 11.0 Å². The fourth-order valence-electron chi connectivity index (χ4n) is 2.30. The van der Waals surface area contributed by atoms with Crippen molar-refractivity contribution in [3.63, 3.8) is 0 Å². The Kier molecular flexibility index (Phi) is 4.74. The summed E-state index contributed by atoms with van der Waals surface area (Å²) < 4.78 is 0. The molecule has 1 aliphatic rings. The molecule has 20 heavy (non-hydrogen) atoms. The van der Waals surface area contributed by atoms with Crippen LogP contribution < -0.4 is 5.32 Å². The first-order valence-corrected chi connectivity index (χ1v) is 7.00. The minimum absolute atomic E-state index is 0.441. The van der Waals surface area contributed by atoms with Gasteiger partial charge in [-0.25, -0.2) is 0 Å². The Labute approximate surface area is 119 Å². The highest BCUT2D eigenvalue weighted by Gasteiger charge is 2.25. The Morgan fingerprint density at radius 2 is 1.80 bits per heavy atom. The van der Waals surface area contributed by atoms with Gasteiger partial charge in [-0.15, -0.1) is 0 Å². The van der Waals surface area contributed by atoms with Gasteiger partial charge >= 0.3 is 11.8 Å². The average Bonchev–Trinajstić information content (AvgIpc) is 2.49. The van der Waals surface area contributed by atoms with E-state index in [-0.39, 0.29) is 0 Å². The Morgan fingerprint density at radius 1 is 1.15 bits per heavy atom. The van der Waals surface area contributed by atoms with E-state index in [4.69, 9.17) is 0 Å². The molecule has 0 unspecified atom stereocenters. The summed E-state index contributed by atoms with van der Waals surface area (Å²) in [6, 6.07) is 7.44. The predicted molar refractivity (Wildman–Crippen MR) is 78.5 cm³/mol. The molecule has 1 saturated heterocycles. The quantitative estimate of drug-likeness (QED) is 0.822. The van der Waals surface area contributed by atoms with Gasteiger partial charge in [0.1, 0.15) is 0 Å². The zero-order valence-electron chi connectivity index (χ0n) is 12.1. The van der Waals surface area contributed by atoms with Crippen LogP contribution in [0.2, 0.25) is 0 Å². The minimum Gasteiger partial charge on any atom is -0.332 e. The minimum atomic E-state index is -0.552. The van der Waals surface area contributed by atoms with E-state index in [9.17, 15) is 9.59 Å². The molecule has 1 N–H and O–H groups in total. The summed E-state index contributed by atoms with van der Waals surface area (Å²) in [4.78, 5) is 28.0. The van der Waals surface area contributed by atoms with Gasteiger partial charge in [0.15, 0.2) is 0 Å². The molecular weight excluding hydrogens is 254 g/mol. The van der Waals surface area contributed by atoms with Gasteiger partial charge in [-0.05, 0) is 25.1 Å². The molecule has 0 aliphatic carbocycles. The number of benzene rings is 1. The number of nitrogens with zero attached hydrogens (tertiary/aromatic N) is 2. The van der Waals surface area contributed by atoms with Gasteiger partial charge in [-0.1, -0.05) is 25.1 Å². The number of anilines is 1. The van der Waals surface area contributed by atoms with Crippen LogP contribution in [-0.2, 0) is 9.59 Å². The lowest BCUT2D eigenvalue weighted by Gasteiger charge is -2.33. The number of rotatable bonds is 2. The van der Waals surface area contributed by atoms with Crippen LogP contribution in [0, 0.1) is 6.92 Å². The molecule has 0 atom stereocenters. The van der Waals surface area contributed by atoms with Crippen molar-refractivity contribution in [1.82, 2.24) is 9.80 Å². The molecule has 0 radical (unpaired) electrons. The van der Waals surface area contributed by atoms with Crippen molar-refractivity contribution in [1.29, 1.82) is 0 Å². The van der Waals surface area contributed by atoms with E-state index in [1.807, 2.05) is 25.1 Å². The zero-order valence-corrected chi connectivity index (χ0v) is 12.1. The van der Waals surface area contributed by atoms with Crippen molar-refractivity contribution in [3.8, 4) is 0 Å². The number of hydrogen-bond donors (Lipinski definition) is 1. The normalized spacial score (nSPS) is 16.0. The number of carbonyl (C=O) groups is 2. The van der Waals surface area contributed by atoms with Gasteiger partial charge in [0, 0.05) is 31.9 Å². The molecule has 1 fully saturated rings. The van der Waals surface area contributed by atoms with Crippen LogP contribution in [0.5, 0.6) is 0 Å². The summed E-state index contributed by atoms with van der Waals surface area (Å²) in [5, 5.41) is 2.69. The second-order valence-electron chi connectivity index (χ2n) is 5.00. The van der Waals surface area contributed by atoms with Gasteiger partial charge < -0.3 is 15.1 Å². The van der Waals surface area contributed by atoms with E-state index >= 15 is 0 Å². The molecule has 5 heteroatoms. The highest BCUT2D eigenvalue weighted by Crippen LogP contribution is 2.13. The molecular formula is C15H21N3O2. The summed E-state index contributed by atoms with van der Waals surface area (Å²) in [5.41, 5.74) is 1.64. The maximum atomic E-state index is 12.1. The molecule has 1 aliphatic heterocycles. The molecule has 1 aromatic rings. The standard InChI is InChI=1S/C15H21N3O2/c1-3-17-8-10-18(11-9-17)15(20)14(19)16-13-7-5-4-6-12(13)2/h4-7H,3,8-11H2,1-2H3,(H,16,19). The summed E-state index contributed by atoms with van der Waals surface area (Å²) >= 11 is 0. The summed E-state index contributed by atoms with van der Waals surface area (Å²) in [7, 11) is 0. The molecule has 5 nitrogen and oxygen atoms in total. The molecule has 2 rings (SSSR count). The average molecular weight is 275 g/mol. The first-order valence-electron chi connectivity index (χ1n) is 7.00. The van der Waals surface area contributed by atoms with E-state index in [1.165, 1.54) is 0 Å². The van der Waals surface area contributed by atoms with Crippen LogP contribution in [0.15, 0.2) is 24.3 Å². The first kappa shape index (κ1) is 14.5. The molecule has 108 valence electrons. The number of nitrogens with one attached hydrogen (secondary N) is 1. The first-order chi connectivity index (χ1) is 9.61. The predicted octanol–water partition coefficient (Wildman–Crippen LogP) is 1.10. The van der Waals surface area contributed by atoms with E-state index < -0.39 is 11.8 Å². The third kappa shape index (κ3) is 3.36. The van der Waals surface area contributed by atoms with Gasteiger partial charge in [0.2, 0.25) is 0 Å². The largest absolute Gasteiger partial charge is 0.332 e. The second kappa shape index (κ2) is 6.52. The second-order valence-corrected chi connectivity index (χ2v) is 5.00. The highest BCUT2D eigenvalue weighted by atomic mass is 16.2. The maximum absolute atomic E-state index is 12.1. The fourth-order valence-corrected chi connectivity index (χ4v) is 2.30. The lowest BCUT2D eigenvalue weighted by molar-refractivity contribution is -0.144. The molecule has 1 aromatic carbocycles. The number of amides is 2. The lowest BCUT2D eigenvalue weighted by atomic mass is 10.2. The molecule has 0 saturated carbocycles. The fraction of sp³-hybridized carbons (Fsp3) is 0.467. The number of likely N-dealkylation sites (N-methyl/N-ethyl adjacent to an activating group) is 1. The number of hydrogen-bond acceptors (Lipinski definition) is 3. The number of carbonyl (C=O) groups excluding carboxylic acids is 2. The van der Waals surface area contributed by atoms with Crippen molar-refractivity contribution in [2.24, 2.45) is 0 Å². The monoisotopic (exact) mass is 275 g/mol. The van der Waals surface area contributed by atoms with E-state index in [0.29, 0.717) is 18.8 Å². The van der Waals surface area contributed by atoms with Crippen molar-refractivity contribution < 1.29 is 9.59 Å². The van der Waals surface area contributed by atoms with Crippen LogP contribution in [0.4, 0.5) is 5.69 Å². The topological polar surface area (TPSA) is 52.7 Å². The third-order valence-electron chi connectivity index (χ3n) is 3.69. The number of para-hydroxylation sites is 1. The van der Waals surface area contributed by atoms with Gasteiger partial charge in [0.05, 0.1) is 0 Å². The van der Waals surface area contributed by atoms with E-state index in [2.05, 4.69) is 17.1 Å². The molecule has 0 aromatic heterocycles. The van der Waals surface area contributed by atoms with Crippen LogP contribution in [0.1, 0.15) is 12.5 Å². The lowest BCUT2D eigenvalue weighted by Crippen LogP contribution is -2.51. The molecule has 0 bridgehead atoms. The Hall–Kier alpha value is -1.88. The summed E-state index contributed by atoms with van der Waals surface area (Å²) in [6.45, 7) is 7.89. The third-order valence-corrected chi connectivity index (χ3v) is 3.69. The maximum Gasteiger partial charge on any atom is 0.313 e. The number of piperazine rings is 1. The number of aryl methyl sites for hydroxylation is 1. The Morgan fingerprint density at radius 3 is 2.40 bits per heavy atom. The summed E-state index contributed by atoms with van der Waals surface area (Å²) in [6.07, 6.45) is 0. The zero-order chi connectivity index (χ0) is 14.5. The molecule has 2 amide bonds.